The second-order valence-corrected chi connectivity index (χ2v) is 7.68. The number of carbonyl (C=O) groups excluding carboxylic acids is 1. The van der Waals surface area contributed by atoms with Gasteiger partial charge in [0, 0.05) is 18.8 Å². The lowest BCUT2D eigenvalue weighted by Gasteiger charge is -2.18. The van der Waals surface area contributed by atoms with Crippen LogP contribution in [0, 0.1) is 6.92 Å². The third kappa shape index (κ3) is 3.69. The summed E-state index contributed by atoms with van der Waals surface area (Å²) in [6.07, 6.45) is 3.64. The van der Waals surface area contributed by atoms with E-state index in [1.54, 1.807) is 23.7 Å². The Balaban J connectivity index is 2.16. The number of amides is 1. The van der Waals surface area contributed by atoms with Crippen LogP contribution in [0.15, 0.2) is 36.7 Å². The second-order valence-electron chi connectivity index (χ2n) is 7.68. The van der Waals surface area contributed by atoms with Crippen molar-refractivity contribution in [2.75, 3.05) is 7.05 Å². The van der Waals surface area contributed by atoms with Crippen molar-refractivity contribution < 1.29 is 18.3 Å². The quantitative estimate of drug-likeness (QED) is 0.714. The molecule has 1 N–H and O–H groups in total. The van der Waals surface area contributed by atoms with Gasteiger partial charge < -0.3 is 10.1 Å². The van der Waals surface area contributed by atoms with E-state index < -0.39 is 12.5 Å². The minimum Gasteiger partial charge on any atom is -0.434 e. The van der Waals surface area contributed by atoms with E-state index in [-0.39, 0.29) is 16.7 Å². The molecule has 2 heterocycles. The van der Waals surface area contributed by atoms with Crippen molar-refractivity contribution >= 4 is 11.4 Å². The summed E-state index contributed by atoms with van der Waals surface area (Å²) in [6, 6.07) is 7.22. The number of nitrogens with zero attached hydrogens (tertiary/aromatic N) is 2. The zero-order valence-electron chi connectivity index (χ0n) is 16.5. The number of alkyl halides is 2. The molecule has 0 saturated heterocycles. The highest BCUT2D eigenvalue weighted by atomic mass is 19.3. The van der Waals surface area contributed by atoms with Gasteiger partial charge in [0.1, 0.15) is 5.75 Å². The van der Waals surface area contributed by atoms with Crippen molar-refractivity contribution in [3.63, 3.8) is 0 Å². The molecule has 5 nitrogen and oxygen atoms in total. The molecule has 7 heteroatoms. The highest BCUT2D eigenvalue weighted by Gasteiger charge is 2.21. The SMILES string of the molecule is CNC(=O)c1c(C)cc(-c2cnn3cc(C(C)(C)C)ccc23)cc1OC(F)F. The van der Waals surface area contributed by atoms with Crippen LogP contribution in [0.4, 0.5) is 8.78 Å². The molecular formula is C21H23F2N3O2. The smallest absolute Gasteiger partial charge is 0.387 e. The molecule has 0 unspecified atom stereocenters. The number of pyridine rings is 1. The average molecular weight is 387 g/mol. The van der Waals surface area contributed by atoms with Crippen molar-refractivity contribution in [3.05, 3.63) is 53.3 Å². The number of aryl methyl sites for hydroxylation is 1. The van der Waals surface area contributed by atoms with Gasteiger partial charge in [-0.05, 0) is 41.2 Å². The monoisotopic (exact) mass is 387 g/mol. The van der Waals surface area contributed by atoms with Crippen LogP contribution in [-0.4, -0.2) is 29.2 Å². The van der Waals surface area contributed by atoms with E-state index in [0.29, 0.717) is 11.1 Å². The van der Waals surface area contributed by atoms with Gasteiger partial charge in [-0.1, -0.05) is 32.9 Å². The molecule has 0 aliphatic carbocycles. The first-order valence-electron chi connectivity index (χ1n) is 8.91. The van der Waals surface area contributed by atoms with Gasteiger partial charge in [0.05, 0.1) is 17.3 Å². The van der Waals surface area contributed by atoms with Crippen LogP contribution in [0.5, 0.6) is 5.75 Å². The van der Waals surface area contributed by atoms with E-state index >= 15 is 0 Å². The van der Waals surface area contributed by atoms with Gasteiger partial charge in [0.15, 0.2) is 0 Å². The third-order valence-electron chi connectivity index (χ3n) is 4.66. The molecule has 3 rings (SSSR count). The summed E-state index contributed by atoms with van der Waals surface area (Å²) < 4.78 is 32.2. The largest absolute Gasteiger partial charge is 0.434 e. The number of ether oxygens (including phenoxy) is 1. The van der Waals surface area contributed by atoms with Crippen molar-refractivity contribution in [1.29, 1.82) is 0 Å². The molecule has 148 valence electrons. The van der Waals surface area contributed by atoms with E-state index in [2.05, 4.69) is 35.9 Å². The standard InChI is InChI=1S/C21H23F2N3O2/c1-12-8-13(9-17(28-20(22)23)18(12)19(27)24-5)15-10-25-26-11-14(21(2,3)4)6-7-16(15)26/h6-11,20H,1-5H3,(H,24,27). The van der Waals surface area contributed by atoms with Gasteiger partial charge in [-0.2, -0.15) is 13.9 Å². The molecule has 0 atom stereocenters. The molecule has 0 radical (unpaired) electrons. The number of hydrogen-bond acceptors (Lipinski definition) is 3. The average Bonchev–Trinajstić information content (AvgIpc) is 3.02. The normalized spacial score (nSPS) is 11.9. The highest BCUT2D eigenvalue weighted by Crippen LogP contribution is 2.34. The Morgan fingerprint density at radius 3 is 2.57 bits per heavy atom. The first-order chi connectivity index (χ1) is 13.1. The van der Waals surface area contributed by atoms with E-state index in [1.807, 2.05) is 18.3 Å². The number of benzene rings is 1. The van der Waals surface area contributed by atoms with E-state index in [1.165, 1.54) is 13.1 Å². The minimum atomic E-state index is -3.03. The molecule has 28 heavy (non-hydrogen) atoms. The molecule has 0 spiro atoms. The van der Waals surface area contributed by atoms with Crippen molar-refractivity contribution in [1.82, 2.24) is 14.9 Å². The molecule has 0 fully saturated rings. The van der Waals surface area contributed by atoms with Crippen LogP contribution in [0.25, 0.3) is 16.6 Å². The molecule has 0 saturated carbocycles. The maximum atomic E-state index is 12.9. The number of rotatable bonds is 4. The fourth-order valence-corrected chi connectivity index (χ4v) is 3.17. The van der Waals surface area contributed by atoms with Crippen molar-refractivity contribution in [3.8, 4) is 16.9 Å². The number of fused-ring (bicyclic) bond motifs is 1. The van der Waals surface area contributed by atoms with E-state index in [0.717, 1.165) is 16.6 Å². The maximum absolute atomic E-state index is 12.9. The van der Waals surface area contributed by atoms with Crippen LogP contribution >= 0.6 is 0 Å². The Morgan fingerprint density at radius 2 is 1.96 bits per heavy atom. The lowest BCUT2D eigenvalue weighted by molar-refractivity contribution is -0.0501. The van der Waals surface area contributed by atoms with Gasteiger partial charge >= 0.3 is 6.61 Å². The Labute approximate surface area is 162 Å². The topological polar surface area (TPSA) is 55.6 Å². The van der Waals surface area contributed by atoms with Crippen molar-refractivity contribution in [2.45, 2.75) is 39.7 Å². The van der Waals surface area contributed by atoms with Crippen LogP contribution in [-0.2, 0) is 5.41 Å². The molecule has 2 aromatic heterocycles. The summed E-state index contributed by atoms with van der Waals surface area (Å²) in [5, 5.41) is 6.87. The summed E-state index contributed by atoms with van der Waals surface area (Å²) in [5.41, 5.74) is 4.00. The minimum absolute atomic E-state index is 0.0235. The van der Waals surface area contributed by atoms with Gasteiger partial charge in [-0.15, -0.1) is 0 Å². The zero-order chi connectivity index (χ0) is 20.6. The van der Waals surface area contributed by atoms with Gasteiger partial charge in [0.2, 0.25) is 0 Å². The lowest BCUT2D eigenvalue weighted by atomic mass is 9.88. The summed E-state index contributed by atoms with van der Waals surface area (Å²) in [5.74, 6) is -0.635. The predicted molar refractivity (Wildman–Crippen MR) is 104 cm³/mol. The van der Waals surface area contributed by atoms with E-state index in [9.17, 15) is 13.6 Å². The van der Waals surface area contributed by atoms with Crippen molar-refractivity contribution in [2.24, 2.45) is 0 Å². The molecule has 1 amide bonds. The Bertz CT molecular complexity index is 1040. The number of nitrogens with one attached hydrogen (secondary N) is 1. The molecule has 3 aromatic rings. The Morgan fingerprint density at radius 1 is 1.25 bits per heavy atom. The summed E-state index contributed by atoms with van der Waals surface area (Å²) >= 11 is 0. The molecule has 0 aliphatic heterocycles. The fourth-order valence-electron chi connectivity index (χ4n) is 3.17. The number of carbonyl (C=O) groups is 1. The van der Waals surface area contributed by atoms with Crippen LogP contribution in [0.1, 0.15) is 42.3 Å². The molecule has 1 aromatic carbocycles. The van der Waals surface area contributed by atoms with Crippen LogP contribution in [0.2, 0.25) is 0 Å². The summed E-state index contributed by atoms with van der Waals surface area (Å²) in [6.45, 7) is 5.01. The molecular weight excluding hydrogens is 364 g/mol. The summed E-state index contributed by atoms with van der Waals surface area (Å²) in [4.78, 5) is 12.1. The number of halogens is 2. The second kappa shape index (κ2) is 7.22. The first kappa shape index (κ1) is 19.8. The lowest BCUT2D eigenvalue weighted by Crippen LogP contribution is -2.21. The fraction of sp³-hybridized carbons (Fsp3) is 0.333. The van der Waals surface area contributed by atoms with Gasteiger partial charge in [-0.25, -0.2) is 4.52 Å². The third-order valence-corrected chi connectivity index (χ3v) is 4.66. The number of hydrogen-bond donors (Lipinski definition) is 1. The highest BCUT2D eigenvalue weighted by molar-refractivity contribution is 5.99. The van der Waals surface area contributed by atoms with Crippen LogP contribution in [0.3, 0.4) is 0 Å². The predicted octanol–water partition coefficient (Wildman–Crippen LogP) is 4.57. The summed E-state index contributed by atoms with van der Waals surface area (Å²) in [7, 11) is 1.44. The maximum Gasteiger partial charge on any atom is 0.387 e. The molecule has 0 aliphatic rings. The Hall–Kier alpha value is -2.96. The van der Waals surface area contributed by atoms with Crippen LogP contribution < -0.4 is 10.1 Å². The first-order valence-corrected chi connectivity index (χ1v) is 8.91. The van der Waals surface area contributed by atoms with E-state index in [4.69, 9.17) is 0 Å². The van der Waals surface area contributed by atoms with Gasteiger partial charge in [0.25, 0.3) is 5.91 Å². The number of aromatic nitrogens is 2. The van der Waals surface area contributed by atoms with Gasteiger partial charge in [-0.3, -0.25) is 4.79 Å². The Kier molecular flexibility index (Phi) is 5.10. The molecule has 0 bridgehead atoms. The zero-order valence-corrected chi connectivity index (χ0v) is 16.5.